The first kappa shape index (κ1) is 13.8. The van der Waals surface area contributed by atoms with Gasteiger partial charge in [0.2, 0.25) is 5.91 Å². The third-order valence-corrected chi connectivity index (χ3v) is 3.54. The first-order valence-corrected chi connectivity index (χ1v) is 7.38. The highest BCUT2D eigenvalue weighted by Crippen LogP contribution is 2.18. The van der Waals surface area contributed by atoms with Crippen LogP contribution in [0.1, 0.15) is 24.8 Å². The molecule has 5 heteroatoms. The summed E-state index contributed by atoms with van der Waals surface area (Å²) in [5.74, 6) is 0.153. The highest BCUT2D eigenvalue weighted by atomic mass is 16.1. The van der Waals surface area contributed by atoms with Crippen LogP contribution in [-0.4, -0.2) is 28.0 Å². The van der Waals surface area contributed by atoms with Gasteiger partial charge in [0.15, 0.2) is 0 Å². The van der Waals surface area contributed by atoms with E-state index in [9.17, 15) is 4.79 Å². The fourth-order valence-electron chi connectivity index (χ4n) is 2.16. The number of hydrogen-bond donors (Lipinski definition) is 2. The molecule has 0 bridgehead atoms. The van der Waals surface area contributed by atoms with Crippen molar-refractivity contribution in [3.05, 3.63) is 48.5 Å². The molecule has 21 heavy (non-hydrogen) atoms. The van der Waals surface area contributed by atoms with Gasteiger partial charge in [0, 0.05) is 43.6 Å². The number of nitrogens with zero attached hydrogens (tertiary/aromatic N) is 2. The SMILES string of the molecule is O=C(CCNCc1ccc(-n2ccnc2)cc1)NC1CC1. The van der Waals surface area contributed by atoms with Crippen LogP contribution in [0.5, 0.6) is 0 Å². The summed E-state index contributed by atoms with van der Waals surface area (Å²) in [6.45, 7) is 1.49. The summed E-state index contributed by atoms with van der Waals surface area (Å²) in [5.41, 5.74) is 2.31. The Hall–Kier alpha value is -2.14. The second-order valence-corrected chi connectivity index (χ2v) is 5.40. The van der Waals surface area contributed by atoms with Crippen LogP contribution < -0.4 is 10.6 Å². The minimum Gasteiger partial charge on any atom is -0.353 e. The summed E-state index contributed by atoms with van der Waals surface area (Å²) < 4.78 is 1.97. The molecule has 1 saturated carbocycles. The largest absolute Gasteiger partial charge is 0.353 e. The molecule has 1 aliphatic rings. The number of amides is 1. The molecule has 0 radical (unpaired) electrons. The van der Waals surface area contributed by atoms with E-state index in [1.807, 2.05) is 10.8 Å². The molecule has 110 valence electrons. The van der Waals surface area contributed by atoms with Gasteiger partial charge >= 0.3 is 0 Å². The van der Waals surface area contributed by atoms with Crippen molar-refractivity contribution in [2.45, 2.75) is 31.8 Å². The lowest BCUT2D eigenvalue weighted by molar-refractivity contribution is -0.121. The van der Waals surface area contributed by atoms with Crippen molar-refractivity contribution in [3.63, 3.8) is 0 Å². The van der Waals surface area contributed by atoms with Crippen LogP contribution in [0.25, 0.3) is 5.69 Å². The average molecular weight is 284 g/mol. The predicted molar refractivity (Wildman–Crippen MR) is 81.1 cm³/mol. The van der Waals surface area contributed by atoms with Gasteiger partial charge in [0.25, 0.3) is 0 Å². The summed E-state index contributed by atoms with van der Waals surface area (Å²) in [4.78, 5) is 15.6. The van der Waals surface area contributed by atoms with Gasteiger partial charge < -0.3 is 15.2 Å². The molecule has 1 heterocycles. The fraction of sp³-hybridized carbons (Fsp3) is 0.375. The zero-order chi connectivity index (χ0) is 14.5. The van der Waals surface area contributed by atoms with Crippen LogP contribution in [0.2, 0.25) is 0 Å². The Labute approximate surface area is 124 Å². The van der Waals surface area contributed by atoms with E-state index < -0.39 is 0 Å². The monoisotopic (exact) mass is 284 g/mol. The van der Waals surface area contributed by atoms with Crippen LogP contribution in [0.4, 0.5) is 0 Å². The van der Waals surface area contributed by atoms with Gasteiger partial charge in [-0.05, 0) is 30.5 Å². The Bertz CT molecular complexity index is 573. The van der Waals surface area contributed by atoms with Crippen LogP contribution in [0.3, 0.4) is 0 Å². The Morgan fingerprint density at radius 1 is 1.29 bits per heavy atom. The van der Waals surface area contributed by atoms with Gasteiger partial charge in [-0.25, -0.2) is 4.98 Å². The number of aromatic nitrogens is 2. The summed E-state index contributed by atoms with van der Waals surface area (Å²) in [6, 6.07) is 8.77. The molecule has 2 N–H and O–H groups in total. The molecule has 3 rings (SSSR count). The molecule has 0 unspecified atom stereocenters. The lowest BCUT2D eigenvalue weighted by Gasteiger charge is -2.07. The van der Waals surface area contributed by atoms with Gasteiger partial charge in [-0.1, -0.05) is 12.1 Å². The quantitative estimate of drug-likeness (QED) is 0.760. The van der Waals surface area contributed by atoms with Crippen molar-refractivity contribution < 1.29 is 4.79 Å². The Morgan fingerprint density at radius 2 is 2.10 bits per heavy atom. The number of nitrogens with one attached hydrogen (secondary N) is 2. The van der Waals surface area contributed by atoms with E-state index in [4.69, 9.17) is 0 Å². The molecule has 0 atom stereocenters. The highest BCUT2D eigenvalue weighted by molar-refractivity contribution is 5.76. The van der Waals surface area contributed by atoms with Crippen LogP contribution >= 0.6 is 0 Å². The maximum Gasteiger partial charge on any atom is 0.221 e. The Kier molecular flexibility index (Phi) is 4.31. The van der Waals surface area contributed by atoms with E-state index >= 15 is 0 Å². The highest BCUT2D eigenvalue weighted by Gasteiger charge is 2.22. The third-order valence-electron chi connectivity index (χ3n) is 3.54. The number of hydrogen-bond acceptors (Lipinski definition) is 3. The summed E-state index contributed by atoms with van der Waals surface area (Å²) in [6.07, 6.45) is 8.30. The van der Waals surface area contributed by atoms with Gasteiger partial charge in [-0.2, -0.15) is 0 Å². The minimum absolute atomic E-state index is 0.153. The summed E-state index contributed by atoms with van der Waals surface area (Å²) in [5, 5.41) is 6.29. The molecule has 0 aliphatic heterocycles. The number of carbonyl (C=O) groups excluding carboxylic acids is 1. The van der Waals surface area contributed by atoms with Gasteiger partial charge in [-0.15, -0.1) is 0 Å². The van der Waals surface area contributed by atoms with E-state index in [1.54, 1.807) is 12.5 Å². The lowest BCUT2D eigenvalue weighted by Crippen LogP contribution is -2.28. The van der Waals surface area contributed by atoms with Crippen molar-refractivity contribution in [1.29, 1.82) is 0 Å². The predicted octanol–water partition coefficient (Wildman–Crippen LogP) is 1.63. The first-order valence-electron chi connectivity index (χ1n) is 7.38. The molecule has 1 fully saturated rings. The van der Waals surface area contributed by atoms with Gasteiger partial charge in [-0.3, -0.25) is 4.79 Å². The molecular weight excluding hydrogens is 264 g/mol. The zero-order valence-electron chi connectivity index (χ0n) is 12.0. The summed E-state index contributed by atoms with van der Waals surface area (Å²) in [7, 11) is 0. The maximum atomic E-state index is 11.5. The molecule has 1 aromatic carbocycles. The number of benzene rings is 1. The Morgan fingerprint density at radius 3 is 2.76 bits per heavy atom. The smallest absolute Gasteiger partial charge is 0.221 e. The standard InChI is InChI=1S/C16H20N4O/c21-16(19-14-3-4-14)7-8-17-11-13-1-5-15(6-2-13)20-10-9-18-12-20/h1-2,5-6,9-10,12,14,17H,3-4,7-8,11H2,(H,19,21). The maximum absolute atomic E-state index is 11.5. The van der Waals surface area contributed by atoms with Crippen LogP contribution in [0, 0.1) is 0 Å². The molecule has 1 aromatic heterocycles. The van der Waals surface area contributed by atoms with Gasteiger partial charge in [0.05, 0.1) is 6.33 Å². The van der Waals surface area contributed by atoms with Crippen LogP contribution in [0.15, 0.2) is 43.0 Å². The lowest BCUT2D eigenvalue weighted by atomic mass is 10.2. The number of rotatable bonds is 7. The Balaban J connectivity index is 1.40. The van der Waals surface area contributed by atoms with Crippen molar-refractivity contribution in [2.24, 2.45) is 0 Å². The molecule has 1 aliphatic carbocycles. The summed E-state index contributed by atoms with van der Waals surface area (Å²) >= 11 is 0. The van der Waals surface area contributed by atoms with E-state index in [-0.39, 0.29) is 5.91 Å². The van der Waals surface area contributed by atoms with Crippen molar-refractivity contribution in [3.8, 4) is 5.69 Å². The second-order valence-electron chi connectivity index (χ2n) is 5.40. The normalized spacial score (nSPS) is 14.1. The van der Waals surface area contributed by atoms with E-state index in [0.717, 1.165) is 25.1 Å². The molecule has 1 amide bonds. The molecule has 2 aromatic rings. The fourth-order valence-corrected chi connectivity index (χ4v) is 2.16. The second kappa shape index (κ2) is 6.54. The number of imidazole rings is 1. The first-order chi connectivity index (χ1) is 10.3. The average Bonchev–Trinajstić information content (AvgIpc) is 3.14. The van der Waals surface area contributed by atoms with Crippen molar-refractivity contribution >= 4 is 5.91 Å². The van der Waals surface area contributed by atoms with E-state index in [2.05, 4.69) is 39.9 Å². The third kappa shape index (κ3) is 4.16. The van der Waals surface area contributed by atoms with Gasteiger partial charge in [0.1, 0.15) is 0 Å². The molecule has 0 spiro atoms. The van der Waals surface area contributed by atoms with Crippen LogP contribution in [-0.2, 0) is 11.3 Å². The van der Waals surface area contributed by atoms with E-state index in [1.165, 1.54) is 5.56 Å². The minimum atomic E-state index is 0.153. The topological polar surface area (TPSA) is 59.0 Å². The number of carbonyl (C=O) groups is 1. The van der Waals surface area contributed by atoms with Crippen molar-refractivity contribution in [1.82, 2.24) is 20.2 Å². The molecule has 0 saturated heterocycles. The van der Waals surface area contributed by atoms with Crippen molar-refractivity contribution in [2.75, 3.05) is 6.54 Å². The zero-order valence-corrected chi connectivity index (χ0v) is 12.0. The molecule has 5 nitrogen and oxygen atoms in total. The van der Waals surface area contributed by atoms with E-state index in [0.29, 0.717) is 19.0 Å². The molecular formula is C16H20N4O.